The van der Waals surface area contributed by atoms with Crippen molar-refractivity contribution in [1.29, 1.82) is 0 Å². The fourth-order valence-electron chi connectivity index (χ4n) is 2.34. The lowest BCUT2D eigenvalue weighted by molar-refractivity contribution is -0.384. The molecule has 0 saturated carbocycles. The second-order valence-corrected chi connectivity index (χ2v) is 6.20. The highest BCUT2D eigenvalue weighted by Gasteiger charge is 2.36. The lowest BCUT2D eigenvalue weighted by Gasteiger charge is -2.08. The zero-order chi connectivity index (χ0) is 18.8. The Balaban J connectivity index is 1.89. The monoisotopic (exact) mass is 373 g/mol. The van der Waals surface area contributed by atoms with Crippen LogP contribution in [0.1, 0.15) is 5.76 Å². The van der Waals surface area contributed by atoms with Gasteiger partial charge in [-0.05, 0) is 30.0 Å². The molecule has 1 aliphatic rings. The Hall–Kier alpha value is -3.40. The van der Waals surface area contributed by atoms with Crippen molar-refractivity contribution in [2.75, 3.05) is 6.54 Å². The standard InChI is InChI=1S/C16H11N3O6S/c17-14(20)8-18-15(21)13(26-16(18)22)7-9-5-6-12(25-9)10-3-1-2-4-11(10)19(23)24/h1-7H,8H2,(H2,17,20)/b13-7-. The molecule has 1 fully saturated rings. The second-order valence-electron chi connectivity index (χ2n) is 5.21. The van der Waals surface area contributed by atoms with Crippen molar-refractivity contribution in [2.45, 2.75) is 0 Å². The van der Waals surface area contributed by atoms with Crippen LogP contribution in [0.15, 0.2) is 45.7 Å². The molecule has 3 rings (SSSR count). The third kappa shape index (κ3) is 3.35. The molecule has 132 valence electrons. The number of hydrogen-bond acceptors (Lipinski definition) is 7. The number of amides is 3. The summed E-state index contributed by atoms with van der Waals surface area (Å²) in [6.07, 6.45) is 1.34. The zero-order valence-corrected chi connectivity index (χ0v) is 13.9. The van der Waals surface area contributed by atoms with E-state index in [9.17, 15) is 24.5 Å². The van der Waals surface area contributed by atoms with Gasteiger partial charge < -0.3 is 10.2 Å². The first-order valence-electron chi connectivity index (χ1n) is 7.24. The summed E-state index contributed by atoms with van der Waals surface area (Å²) in [5.74, 6) is -0.963. The molecule has 9 nitrogen and oxygen atoms in total. The number of nitrogens with zero attached hydrogens (tertiary/aromatic N) is 2. The minimum absolute atomic E-state index is 0.0692. The van der Waals surface area contributed by atoms with E-state index < -0.39 is 28.5 Å². The summed E-state index contributed by atoms with van der Waals surface area (Å²) in [6.45, 7) is -0.498. The van der Waals surface area contributed by atoms with Crippen molar-refractivity contribution >= 4 is 40.6 Å². The molecule has 1 aromatic carbocycles. The minimum atomic E-state index is -0.801. The average Bonchev–Trinajstić information content (AvgIpc) is 3.15. The second kappa shape index (κ2) is 6.84. The molecular formula is C16H11N3O6S. The first-order valence-corrected chi connectivity index (χ1v) is 8.06. The van der Waals surface area contributed by atoms with Gasteiger partial charge in [-0.3, -0.25) is 29.4 Å². The summed E-state index contributed by atoms with van der Waals surface area (Å²) < 4.78 is 5.55. The van der Waals surface area contributed by atoms with Crippen LogP contribution in [-0.4, -0.2) is 33.4 Å². The van der Waals surface area contributed by atoms with E-state index in [-0.39, 0.29) is 22.1 Å². The number of benzene rings is 1. The summed E-state index contributed by atoms with van der Waals surface area (Å²) >= 11 is 0.654. The van der Waals surface area contributed by atoms with Gasteiger partial charge in [0.05, 0.1) is 15.4 Å². The summed E-state index contributed by atoms with van der Waals surface area (Å²) in [5, 5.41) is 10.5. The van der Waals surface area contributed by atoms with Crippen LogP contribution in [0.25, 0.3) is 17.4 Å². The number of nitro benzene ring substituents is 1. The molecule has 0 aliphatic carbocycles. The number of hydrogen-bond donors (Lipinski definition) is 1. The van der Waals surface area contributed by atoms with Gasteiger partial charge in [0.15, 0.2) is 0 Å². The Morgan fingerprint density at radius 2 is 2.00 bits per heavy atom. The molecule has 0 radical (unpaired) electrons. The van der Waals surface area contributed by atoms with Gasteiger partial charge in [-0.15, -0.1) is 0 Å². The molecule has 0 unspecified atom stereocenters. The molecule has 0 atom stereocenters. The van der Waals surface area contributed by atoms with Crippen LogP contribution in [0, 0.1) is 10.1 Å². The Morgan fingerprint density at radius 3 is 2.69 bits per heavy atom. The number of primary amides is 1. The van der Waals surface area contributed by atoms with Crippen LogP contribution in [0.3, 0.4) is 0 Å². The third-order valence-corrected chi connectivity index (χ3v) is 4.36. The van der Waals surface area contributed by atoms with Crippen molar-refractivity contribution in [3.63, 3.8) is 0 Å². The molecule has 2 heterocycles. The Kier molecular flexibility index (Phi) is 4.59. The Bertz CT molecular complexity index is 964. The molecule has 2 aromatic rings. The van der Waals surface area contributed by atoms with Crippen LogP contribution < -0.4 is 5.73 Å². The van der Waals surface area contributed by atoms with Gasteiger partial charge >= 0.3 is 0 Å². The highest BCUT2D eigenvalue weighted by Crippen LogP contribution is 2.34. The summed E-state index contributed by atoms with van der Waals surface area (Å²) in [6, 6.07) is 9.13. The molecule has 26 heavy (non-hydrogen) atoms. The predicted octanol–water partition coefficient (Wildman–Crippen LogP) is 2.38. The van der Waals surface area contributed by atoms with E-state index in [1.54, 1.807) is 18.2 Å². The molecule has 1 aromatic heterocycles. The Morgan fingerprint density at radius 1 is 1.27 bits per heavy atom. The van der Waals surface area contributed by atoms with E-state index in [2.05, 4.69) is 0 Å². The maximum atomic E-state index is 12.2. The van der Waals surface area contributed by atoms with Crippen LogP contribution in [0.5, 0.6) is 0 Å². The van der Waals surface area contributed by atoms with Gasteiger partial charge in [0.1, 0.15) is 18.1 Å². The molecule has 1 aliphatic heterocycles. The van der Waals surface area contributed by atoms with Crippen LogP contribution in [0.2, 0.25) is 0 Å². The van der Waals surface area contributed by atoms with Crippen molar-refractivity contribution in [3.8, 4) is 11.3 Å². The zero-order valence-electron chi connectivity index (χ0n) is 13.1. The van der Waals surface area contributed by atoms with Crippen LogP contribution in [0.4, 0.5) is 10.5 Å². The molecule has 0 spiro atoms. The van der Waals surface area contributed by atoms with Gasteiger partial charge in [-0.25, -0.2) is 0 Å². The number of carbonyl (C=O) groups is 3. The van der Waals surface area contributed by atoms with E-state index in [0.29, 0.717) is 17.3 Å². The first-order chi connectivity index (χ1) is 12.4. The van der Waals surface area contributed by atoms with E-state index in [4.69, 9.17) is 10.2 Å². The quantitative estimate of drug-likeness (QED) is 0.482. The van der Waals surface area contributed by atoms with Crippen molar-refractivity contribution in [3.05, 3.63) is 57.2 Å². The number of furan rings is 1. The molecule has 0 bridgehead atoms. The average molecular weight is 373 g/mol. The smallest absolute Gasteiger partial charge is 0.294 e. The van der Waals surface area contributed by atoms with Crippen molar-refractivity contribution in [2.24, 2.45) is 5.73 Å². The number of nitro groups is 1. The van der Waals surface area contributed by atoms with E-state index in [1.165, 1.54) is 24.3 Å². The predicted molar refractivity (Wildman–Crippen MR) is 92.7 cm³/mol. The van der Waals surface area contributed by atoms with Gasteiger partial charge in [-0.1, -0.05) is 12.1 Å². The molecule has 1 saturated heterocycles. The minimum Gasteiger partial charge on any atom is -0.456 e. The van der Waals surface area contributed by atoms with E-state index in [0.717, 1.165) is 4.90 Å². The fraction of sp³-hybridized carbons (Fsp3) is 0.0625. The van der Waals surface area contributed by atoms with Gasteiger partial charge in [0, 0.05) is 12.1 Å². The number of nitrogens with two attached hydrogens (primary N) is 1. The molecule has 2 N–H and O–H groups in total. The maximum Gasteiger partial charge on any atom is 0.294 e. The lowest BCUT2D eigenvalue weighted by atomic mass is 10.1. The molecule has 3 amide bonds. The van der Waals surface area contributed by atoms with Gasteiger partial charge in [-0.2, -0.15) is 0 Å². The summed E-state index contributed by atoms with van der Waals surface area (Å²) in [7, 11) is 0. The summed E-state index contributed by atoms with van der Waals surface area (Å²) in [4.78, 5) is 46.3. The highest BCUT2D eigenvalue weighted by molar-refractivity contribution is 8.18. The van der Waals surface area contributed by atoms with Crippen LogP contribution in [-0.2, 0) is 9.59 Å². The maximum absolute atomic E-state index is 12.2. The fourth-order valence-corrected chi connectivity index (χ4v) is 3.16. The molecule has 10 heteroatoms. The van der Waals surface area contributed by atoms with E-state index in [1.807, 2.05) is 0 Å². The number of thioether (sulfide) groups is 1. The topological polar surface area (TPSA) is 137 Å². The van der Waals surface area contributed by atoms with Crippen molar-refractivity contribution < 1.29 is 23.7 Å². The highest BCUT2D eigenvalue weighted by atomic mass is 32.2. The number of para-hydroxylation sites is 1. The van der Waals surface area contributed by atoms with Gasteiger partial charge in [0.25, 0.3) is 16.8 Å². The SMILES string of the molecule is NC(=O)CN1C(=O)S/C(=C\c2ccc(-c3ccccc3[N+](=O)[O-])o2)C1=O. The number of carbonyl (C=O) groups excluding carboxylic acids is 3. The van der Waals surface area contributed by atoms with Crippen molar-refractivity contribution in [1.82, 2.24) is 4.90 Å². The number of rotatable bonds is 5. The first kappa shape index (κ1) is 17.4. The number of imide groups is 1. The van der Waals surface area contributed by atoms with E-state index >= 15 is 0 Å². The third-order valence-electron chi connectivity index (χ3n) is 3.45. The van der Waals surface area contributed by atoms with Gasteiger partial charge in [0.2, 0.25) is 5.91 Å². The summed E-state index contributed by atoms with van der Waals surface area (Å²) in [5.41, 5.74) is 5.19. The normalized spacial score (nSPS) is 15.7. The lowest BCUT2D eigenvalue weighted by Crippen LogP contribution is -2.36. The molecular weight excluding hydrogens is 362 g/mol. The van der Waals surface area contributed by atoms with Crippen LogP contribution >= 0.6 is 11.8 Å². The Labute approximate surface area is 150 Å². The largest absolute Gasteiger partial charge is 0.456 e.